The smallest absolute Gasteiger partial charge is 0.242 e. The molecule has 0 unspecified atom stereocenters. The van der Waals surface area contributed by atoms with Crippen molar-refractivity contribution in [2.45, 2.75) is 46.2 Å². The summed E-state index contributed by atoms with van der Waals surface area (Å²) in [4.78, 5) is 28.6. The summed E-state index contributed by atoms with van der Waals surface area (Å²) in [5, 5.41) is 4.03. The number of anilines is 1. The molecule has 3 heterocycles. The zero-order valence-electron chi connectivity index (χ0n) is 17.8. The molecule has 3 aromatic rings. The summed E-state index contributed by atoms with van der Waals surface area (Å²) in [6.45, 7) is 8.57. The van der Waals surface area contributed by atoms with E-state index in [0.29, 0.717) is 25.6 Å². The molecule has 1 amide bonds. The van der Waals surface area contributed by atoms with E-state index in [-0.39, 0.29) is 11.9 Å². The molecule has 0 bridgehead atoms. The summed E-state index contributed by atoms with van der Waals surface area (Å²) in [7, 11) is 0. The van der Waals surface area contributed by atoms with Crippen molar-refractivity contribution in [3.63, 3.8) is 0 Å². The minimum absolute atomic E-state index is 0.0262. The number of rotatable bonds is 7. The monoisotopic (exact) mass is 408 g/mol. The molecule has 1 N–H and O–H groups in total. The van der Waals surface area contributed by atoms with Gasteiger partial charge < -0.3 is 19.5 Å². The third-order valence-corrected chi connectivity index (χ3v) is 5.54. The molecule has 1 aliphatic heterocycles. The van der Waals surface area contributed by atoms with Gasteiger partial charge in [0.2, 0.25) is 11.9 Å². The van der Waals surface area contributed by atoms with Crippen LogP contribution in [0.15, 0.2) is 30.6 Å². The third kappa shape index (κ3) is 4.08. The molecule has 8 nitrogen and oxygen atoms in total. The summed E-state index contributed by atoms with van der Waals surface area (Å²) in [6.07, 6.45) is 5.45. The van der Waals surface area contributed by atoms with Crippen molar-refractivity contribution >= 4 is 22.8 Å². The van der Waals surface area contributed by atoms with Crippen molar-refractivity contribution in [1.82, 2.24) is 24.8 Å². The molecule has 30 heavy (non-hydrogen) atoms. The maximum absolute atomic E-state index is 12.9. The van der Waals surface area contributed by atoms with Crippen LogP contribution in [0.3, 0.4) is 0 Å². The molecule has 1 saturated heterocycles. The van der Waals surface area contributed by atoms with E-state index < -0.39 is 0 Å². The minimum atomic E-state index is -0.242. The predicted octanol–water partition coefficient (Wildman–Crippen LogP) is 2.63. The number of aromatic nitrogens is 4. The summed E-state index contributed by atoms with van der Waals surface area (Å²) in [6, 6.07) is 5.61. The Labute approximate surface area is 176 Å². The molecule has 4 rings (SSSR count). The Morgan fingerprint density at radius 2 is 2.17 bits per heavy atom. The highest BCUT2D eigenvalue weighted by atomic mass is 16.5. The molecule has 0 spiro atoms. The van der Waals surface area contributed by atoms with Gasteiger partial charge in [0.1, 0.15) is 17.6 Å². The maximum Gasteiger partial charge on any atom is 0.242 e. The predicted molar refractivity (Wildman–Crippen MR) is 116 cm³/mol. The highest BCUT2D eigenvalue weighted by molar-refractivity contribution is 5.87. The fraction of sp³-hybridized carbons (Fsp3) is 0.455. The lowest BCUT2D eigenvalue weighted by Crippen LogP contribution is -2.44. The van der Waals surface area contributed by atoms with Gasteiger partial charge in [0, 0.05) is 37.4 Å². The van der Waals surface area contributed by atoms with Gasteiger partial charge in [-0.3, -0.25) is 4.79 Å². The Morgan fingerprint density at radius 1 is 1.30 bits per heavy atom. The Bertz CT molecular complexity index is 1050. The first kappa shape index (κ1) is 20.1. The Hall–Kier alpha value is -3.16. The highest BCUT2D eigenvalue weighted by Crippen LogP contribution is 2.27. The largest absolute Gasteiger partial charge is 0.494 e. The van der Waals surface area contributed by atoms with Crippen molar-refractivity contribution in [2.24, 2.45) is 0 Å². The molecule has 1 aromatic carbocycles. The van der Waals surface area contributed by atoms with Crippen LogP contribution in [0, 0.1) is 13.8 Å². The van der Waals surface area contributed by atoms with Gasteiger partial charge in [-0.1, -0.05) is 0 Å². The number of nitrogens with one attached hydrogen (secondary N) is 1. The normalized spacial score (nSPS) is 16.2. The Morgan fingerprint density at radius 3 is 2.93 bits per heavy atom. The lowest BCUT2D eigenvalue weighted by Gasteiger charge is -2.24. The lowest BCUT2D eigenvalue weighted by molar-refractivity contribution is -0.122. The van der Waals surface area contributed by atoms with Crippen molar-refractivity contribution in [2.75, 3.05) is 24.6 Å². The number of hydrogen-bond donors (Lipinski definition) is 1. The van der Waals surface area contributed by atoms with Gasteiger partial charge in [-0.2, -0.15) is 0 Å². The van der Waals surface area contributed by atoms with E-state index in [1.54, 1.807) is 6.20 Å². The van der Waals surface area contributed by atoms with Gasteiger partial charge in [0.15, 0.2) is 0 Å². The van der Waals surface area contributed by atoms with E-state index in [1.165, 1.54) is 0 Å². The van der Waals surface area contributed by atoms with Gasteiger partial charge in [0.05, 0.1) is 17.8 Å². The lowest BCUT2D eigenvalue weighted by atomic mass is 10.2. The zero-order chi connectivity index (χ0) is 21.1. The van der Waals surface area contributed by atoms with Gasteiger partial charge in [-0.25, -0.2) is 15.0 Å². The van der Waals surface area contributed by atoms with Crippen LogP contribution < -0.4 is 15.0 Å². The summed E-state index contributed by atoms with van der Waals surface area (Å²) in [5.41, 5.74) is 1.75. The number of fused-ring (bicyclic) bond motifs is 1. The van der Waals surface area contributed by atoms with Crippen LogP contribution in [-0.2, 0) is 11.3 Å². The van der Waals surface area contributed by atoms with E-state index in [1.807, 2.05) is 54.6 Å². The van der Waals surface area contributed by atoms with Crippen molar-refractivity contribution < 1.29 is 9.53 Å². The van der Waals surface area contributed by atoms with E-state index in [2.05, 4.69) is 10.3 Å². The molecule has 0 saturated carbocycles. The van der Waals surface area contributed by atoms with Gasteiger partial charge in [-0.15, -0.1) is 0 Å². The Kier molecular flexibility index (Phi) is 5.83. The molecule has 158 valence electrons. The van der Waals surface area contributed by atoms with E-state index in [9.17, 15) is 4.79 Å². The van der Waals surface area contributed by atoms with Crippen LogP contribution in [0.25, 0.3) is 10.9 Å². The second kappa shape index (κ2) is 8.69. The summed E-state index contributed by atoms with van der Waals surface area (Å²) in [5.74, 6) is 2.40. The van der Waals surface area contributed by atoms with Crippen LogP contribution >= 0.6 is 0 Å². The number of ether oxygens (including phenoxy) is 1. The maximum atomic E-state index is 12.9. The number of amides is 1. The molecule has 2 aromatic heterocycles. The number of aryl methyl sites for hydroxylation is 2. The molecule has 1 aliphatic rings. The average Bonchev–Trinajstić information content (AvgIpc) is 3.38. The zero-order valence-corrected chi connectivity index (χ0v) is 17.8. The van der Waals surface area contributed by atoms with Crippen molar-refractivity contribution in [3.05, 3.63) is 42.1 Å². The van der Waals surface area contributed by atoms with Gasteiger partial charge >= 0.3 is 0 Å². The van der Waals surface area contributed by atoms with Crippen LogP contribution in [0.1, 0.15) is 31.3 Å². The minimum Gasteiger partial charge on any atom is -0.494 e. The molecular weight excluding hydrogens is 380 g/mol. The second-order valence-electron chi connectivity index (χ2n) is 7.53. The summed E-state index contributed by atoms with van der Waals surface area (Å²) < 4.78 is 7.62. The fourth-order valence-corrected chi connectivity index (χ4v) is 3.97. The third-order valence-electron chi connectivity index (χ3n) is 5.54. The van der Waals surface area contributed by atoms with Gasteiger partial charge in [-0.05, 0) is 51.8 Å². The van der Waals surface area contributed by atoms with Crippen molar-refractivity contribution in [3.8, 4) is 5.75 Å². The van der Waals surface area contributed by atoms with Gasteiger partial charge in [0.25, 0.3) is 0 Å². The second-order valence-corrected chi connectivity index (χ2v) is 7.53. The summed E-state index contributed by atoms with van der Waals surface area (Å²) >= 11 is 0. The molecule has 0 aliphatic carbocycles. The standard InChI is InChI=1S/C22H28N6O2/c1-4-30-17-7-8-19-18(14-17)15(2)25-22(26-19)28-11-5-6-20(28)21(29)24-10-13-27-12-9-23-16(27)3/h7-9,12,14,20H,4-6,10-11,13H2,1-3H3,(H,24,29)/t20-/m0/s1. The fourth-order valence-electron chi connectivity index (χ4n) is 3.97. The quantitative estimate of drug-likeness (QED) is 0.647. The first-order valence-corrected chi connectivity index (χ1v) is 10.5. The number of benzene rings is 1. The molecule has 1 fully saturated rings. The van der Waals surface area contributed by atoms with Crippen molar-refractivity contribution in [1.29, 1.82) is 0 Å². The average molecular weight is 409 g/mol. The first-order valence-electron chi connectivity index (χ1n) is 10.5. The first-order chi connectivity index (χ1) is 14.6. The number of carbonyl (C=O) groups excluding carboxylic acids is 1. The van der Waals surface area contributed by atoms with E-state index in [0.717, 1.165) is 47.6 Å². The Balaban J connectivity index is 1.48. The number of carbonyl (C=O) groups is 1. The SMILES string of the molecule is CCOc1ccc2nc(N3CCC[C@H]3C(=O)NCCn3ccnc3C)nc(C)c2c1. The molecule has 8 heteroatoms. The van der Waals surface area contributed by atoms with E-state index >= 15 is 0 Å². The molecular formula is C22H28N6O2. The highest BCUT2D eigenvalue weighted by Gasteiger charge is 2.32. The number of imidazole rings is 1. The van der Waals surface area contributed by atoms with Crippen LogP contribution in [0.2, 0.25) is 0 Å². The van der Waals surface area contributed by atoms with E-state index in [4.69, 9.17) is 14.7 Å². The number of hydrogen-bond acceptors (Lipinski definition) is 6. The van der Waals surface area contributed by atoms with Crippen LogP contribution in [0.4, 0.5) is 5.95 Å². The van der Waals surface area contributed by atoms with Crippen LogP contribution in [0.5, 0.6) is 5.75 Å². The topological polar surface area (TPSA) is 85.2 Å². The number of nitrogens with zero attached hydrogens (tertiary/aromatic N) is 5. The molecule has 1 atom stereocenters. The molecule has 0 radical (unpaired) electrons. The van der Waals surface area contributed by atoms with Crippen LogP contribution in [-0.4, -0.2) is 51.2 Å².